The van der Waals surface area contributed by atoms with Crippen LogP contribution in [-0.4, -0.2) is 19.0 Å². The van der Waals surface area contributed by atoms with Crippen molar-refractivity contribution in [2.75, 3.05) is 13.1 Å². The lowest BCUT2D eigenvalue weighted by atomic mass is 9.82. The molecule has 0 spiro atoms. The van der Waals surface area contributed by atoms with Crippen molar-refractivity contribution in [2.24, 2.45) is 5.41 Å². The number of alkyl halides is 3. The maximum absolute atomic E-state index is 12.9. The molecule has 0 radical (unpaired) electrons. The van der Waals surface area contributed by atoms with Gasteiger partial charge in [0.15, 0.2) is 0 Å². The first-order chi connectivity index (χ1) is 9.83. The molecule has 1 aliphatic rings. The number of hydrogen-bond acceptors (Lipinski definition) is 2. The fourth-order valence-corrected chi connectivity index (χ4v) is 2.59. The summed E-state index contributed by atoms with van der Waals surface area (Å²) in [6, 6.07) is 5.32. The van der Waals surface area contributed by atoms with Gasteiger partial charge < -0.3 is 10.6 Å². The zero-order chi connectivity index (χ0) is 15.5. The van der Waals surface area contributed by atoms with Crippen molar-refractivity contribution in [3.8, 4) is 0 Å². The highest BCUT2D eigenvalue weighted by Gasteiger charge is 2.36. The molecule has 0 saturated carbocycles. The van der Waals surface area contributed by atoms with Crippen LogP contribution in [0, 0.1) is 5.41 Å². The van der Waals surface area contributed by atoms with Gasteiger partial charge in [0.05, 0.1) is 11.0 Å². The third-order valence-electron chi connectivity index (χ3n) is 3.91. The van der Waals surface area contributed by atoms with Crippen LogP contribution in [0.3, 0.4) is 0 Å². The minimum absolute atomic E-state index is 0.0886. The Morgan fingerprint density at radius 1 is 1.38 bits per heavy atom. The molecule has 0 aromatic heterocycles. The number of nitrogens with one attached hydrogen (secondary N) is 2. The smallest absolute Gasteiger partial charge is 0.351 e. The Morgan fingerprint density at radius 2 is 2.10 bits per heavy atom. The van der Waals surface area contributed by atoms with Gasteiger partial charge >= 0.3 is 6.18 Å². The zero-order valence-corrected chi connectivity index (χ0v) is 11.9. The number of halogens is 3. The van der Waals surface area contributed by atoms with E-state index in [1.165, 1.54) is 12.1 Å². The Bertz CT molecular complexity index is 508. The predicted octanol–water partition coefficient (Wildman–Crippen LogP) is 2.71. The van der Waals surface area contributed by atoms with Crippen molar-refractivity contribution in [1.29, 1.82) is 0 Å². The minimum Gasteiger partial charge on any atom is -0.351 e. The topological polar surface area (TPSA) is 41.1 Å². The molecule has 0 aliphatic carbocycles. The first-order valence-corrected chi connectivity index (χ1v) is 6.97. The molecule has 1 heterocycles. The average molecular weight is 300 g/mol. The molecule has 116 valence electrons. The molecule has 1 saturated heterocycles. The van der Waals surface area contributed by atoms with E-state index in [2.05, 4.69) is 10.6 Å². The number of carbonyl (C=O) groups is 1. The summed E-state index contributed by atoms with van der Waals surface area (Å²) in [6.07, 6.45) is -2.77. The Morgan fingerprint density at radius 3 is 2.71 bits per heavy atom. The Balaban J connectivity index is 2.05. The fourth-order valence-electron chi connectivity index (χ4n) is 2.59. The van der Waals surface area contributed by atoms with Crippen LogP contribution in [0.1, 0.15) is 30.9 Å². The lowest BCUT2D eigenvalue weighted by Gasteiger charge is -2.32. The van der Waals surface area contributed by atoms with Crippen molar-refractivity contribution in [3.05, 3.63) is 35.4 Å². The number of rotatable bonds is 3. The van der Waals surface area contributed by atoms with E-state index >= 15 is 0 Å². The molecule has 6 heteroatoms. The van der Waals surface area contributed by atoms with Gasteiger partial charge in [0.25, 0.3) is 0 Å². The van der Waals surface area contributed by atoms with E-state index in [0.717, 1.165) is 25.5 Å². The van der Waals surface area contributed by atoms with Crippen LogP contribution in [0.2, 0.25) is 0 Å². The highest BCUT2D eigenvalue weighted by molar-refractivity contribution is 5.82. The summed E-state index contributed by atoms with van der Waals surface area (Å²) in [5.41, 5.74) is -1.16. The van der Waals surface area contributed by atoms with Crippen LogP contribution in [0.4, 0.5) is 13.2 Å². The van der Waals surface area contributed by atoms with E-state index in [0.29, 0.717) is 6.54 Å². The van der Waals surface area contributed by atoms with E-state index < -0.39 is 17.2 Å². The summed E-state index contributed by atoms with van der Waals surface area (Å²) in [5, 5.41) is 5.79. The zero-order valence-electron chi connectivity index (χ0n) is 11.9. The molecule has 2 N–H and O–H groups in total. The molecular weight excluding hydrogens is 281 g/mol. The largest absolute Gasteiger partial charge is 0.416 e. The number of carbonyl (C=O) groups excluding carboxylic acids is 1. The molecule has 1 aliphatic heterocycles. The third-order valence-corrected chi connectivity index (χ3v) is 3.91. The summed E-state index contributed by atoms with van der Waals surface area (Å²) < 4.78 is 38.6. The maximum atomic E-state index is 12.9. The molecule has 1 unspecified atom stereocenters. The van der Waals surface area contributed by atoms with E-state index in [1.807, 2.05) is 6.92 Å². The molecule has 3 nitrogen and oxygen atoms in total. The van der Waals surface area contributed by atoms with Gasteiger partial charge in [-0.3, -0.25) is 4.79 Å². The van der Waals surface area contributed by atoms with Crippen LogP contribution in [0.5, 0.6) is 0 Å². The standard InChI is InChI=1S/C15H19F3N2O/c1-14(7-4-8-19-10-14)13(21)20-9-11-5-2-3-6-12(11)15(16,17)18/h2-3,5-6,19H,4,7-10H2,1H3,(H,20,21). The van der Waals surface area contributed by atoms with Gasteiger partial charge in [-0.2, -0.15) is 13.2 Å². The van der Waals surface area contributed by atoms with Crippen LogP contribution < -0.4 is 10.6 Å². The first-order valence-electron chi connectivity index (χ1n) is 6.97. The Hall–Kier alpha value is -1.56. The average Bonchev–Trinajstić information content (AvgIpc) is 2.45. The quantitative estimate of drug-likeness (QED) is 0.901. The maximum Gasteiger partial charge on any atom is 0.416 e. The number of amides is 1. The van der Waals surface area contributed by atoms with Crippen molar-refractivity contribution >= 4 is 5.91 Å². The summed E-state index contributed by atoms with van der Waals surface area (Å²) in [7, 11) is 0. The number of hydrogen-bond donors (Lipinski definition) is 2. The van der Waals surface area contributed by atoms with Crippen molar-refractivity contribution < 1.29 is 18.0 Å². The minimum atomic E-state index is -4.41. The second-order valence-electron chi connectivity index (χ2n) is 5.68. The van der Waals surface area contributed by atoms with Crippen LogP contribution >= 0.6 is 0 Å². The van der Waals surface area contributed by atoms with Gasteiger partial charge in [-0.1, -0.05) is 18.2 Å². The highest BCUT2D eigenvalue weighted by Crippen LogP contribution is 2.32. The fraction of sp³-hybridized carbons (Fsp3) is 0.533. The van der Waals surface area contributed by atoms with Crippen LogP contribution in [0.25, 0.3) is 0 Å². The molecular formula is C15H19F3N2O. The predicted molar refractivity (Wildman–Crippen MR) is 73.5 cm³/mol. The molecule has 1 aromatic rings. The van der Waals surface area contributed by atoms with E-state index in [9.17, 15) is 18.0 Å². The molecule has 21 heavy (non-hydrogen) atoms. The SMILES string of the molecule is CC1(C(=O)NCc2ccccc2C(F)(F)F)CCCNC1. The Kier molecular flexibility index (Phi) is 4.56. The first kappa shape index (κ1) is 15.8. The van der Waals surface area contributed by atoms with Gasteiger partial charge in [0.2, 0.25) is 5.91 Å². The van der Waals surface area contributed by atoms with Gasteiger partial charge in [0, 0.05) is 13.1 Å². The van der Waals surface area contributed by atoms with Gasteiger partial charge in [-0.15, -0.1) is 0 Å². The summed E-state index contributed by atoms with van der Waals surface area (Å²) in [4.78, 5) is 12.2. The lowest BCUT2D eigenvalue weighted by molar-refractivity contribution is -0.139. The highest BCUT2D eigenvalue weighted by atomic mass is 19.4. The second kappa shape index (κ2) is 6.05. The van der Waals surface area contributed by atoms with E-state index in [1.54, 1.807) is 6.07 Å². The van der Waals surface area contributed by atoms with Crippen LogP contribution in [-0.2, 0) is 17.5 Å². The molecule has 1 atom stereocenters. The molecule has 1 amide bonds. The van der Waals surface area contributed by atoms with E-state index in [4.69, 9.17) is 0 Å². The van der Waals surface area contributed by atoms with Crippen LogP contribution in [0.15, 0.2) is 24.3 Å². The molecule has 0 bridgehead atoms. The summed E-state index contributed by atoms with van der Waals surface area (Å²) >= 11 is 0. The van der Waals surface area contributed by atoms with Crippen molar-refractivity contribution in [3.63, 3.8) is 0 Å². The van der Waals surface area contributed by atoms with E-state index in [-0.39, 0.29) is 18.0 Å². The molecule has 2 rings (SSSR count). The van der Waals surface area contributed by atoms with Gasteiger partial charge in [-0.25, -0.2) is 0 Å². The summed E-state index contributed by atoms with van der Waals surface area (Å²) in [5.74, 6) is -0.202. The Labute approximate surface area is 121 Å². The number of piperidine rings is 1. The van der Waals surface area contributed by atoms with Gasteiger partial charge in [-0.05, 0) is 37.9 Å². The monoisotopic (exact) mass is 300 g/mol. The molecule has 1 fully saturated rings. The lowest BCUT2D eigenvalue weighted by Crippen LogP contribution is -2.48. The van der Waals surface area contributed by atoms with Crippen molar-refractivity contribution in [1.82, 2.24) is 10.6 Å². The normalized spacial score (nSPS) is 22.9. The number of benzene rings is 1. The van der Waals surface area contributed by atoms with Gasteiger partial charge in [0.1, 0.15) is 0 Å². The molecule has 1 aromatic carbocycles. The third kappa shape index (κ3) is 3.75. The second-order valence-corrected chi connectivity index (χ2v) is 5.68. The van der Waals surface area contributed by atoms with Crippen molar-refractivity contribution in [2.45, 2.75) is 32.5 Å². The summed E-state index contributed by atoms with van der Waals surface area (Å²) in [6.45, 7) is 3.16.